The minimum atomic E-state index is -0.904. The van der Waals surface area contributed by atoms with E-state index in [9.17, 15) is 9.59 Å². The number of hydrogen-bond acceptors (Lipinski definition) is 4. The second-order valence-corrected chi connectivity index (χ2v) is 3.31. The number of primary amides is 1. The van der Waals surface area contributed by atoms with Crippen LogP contribution in [0.5, 0.6) is 0 Å². The molecule has 0 aliphatic heterocycles. The molecular formula is C8H17N3O3. The van der Waals surface area contributed by atoms with Crippen LogP contribution >= 0.6 is 0 Å². The van der Waals surface area contributed by atoms with Crippen LogP contribution < -0.4 is 16.8 Å². The maximum Gasteiger partial charge on any atom is 0.237 e. The number of carbonyl (C=O) groups excluding carboxylic acids is 2. The lowest BCUT2D eigenvalue weighted by Crippen LogP contribution is -2.44. The first kappa shape index (κ1) is 12.9. The van der Waals surface area contributed by atoms with E-state index >= 15 is 0 Å². The van der Waals surface area contributed by atoms with Gasteiger partial charge in [-0.05, 0) is 5.92 Å². The average Bonchev–Trinajstić information content (AvgIpc) is 2.12. The summed E-state index contributed by atoms with van der Waals surface area (Å²) in [6, 6.07) is -0.904. The predicted octanol–water partition coefficient (Wildman–Crippen LogP) is -2.07. The van der Waals surface area contributed by atoms with E-state index in [4.69, 9.17) is 16.6 Å². The highest BCUT2D eigenvalue weighted by Crippen LogP contribution is 1.91. The molecule has 14 heavy (non-hydrogen) atoms. The molecule has 0 aromatic heterocycles. The van der Waals surface area contributed by atoms with Crippen molar-refractivity contribution in [1.82, 2.24) is 5.32 Å². The number of aliphatic hydroxyl groups is 1. The van der Waals surface area contributed by atoms with Gasteiger partial charge < -0.3 is 21.9 Å². The summed E-state index contributed by atoms with van der Waals surface area (Å²) >= 11 is 0. The molecule has 82 valence electrons. The zero-order valence-corrected chi connectivity index (χ0v) is 8.19. The van der Waals surface area contributed by atoms with Gasteiger partial charge in [0.15, 0.2) is 0 Å². The van der Waals surface area contributed by atoms with Crippen molar-refractivity contribution in [1.29, 1.82) is 0 Å². The smallest absolute Gasteiger partial charge is 0.237 e. The van der Waals surface area contributed by atoms with Gasteiger partial charge in [-0.15, -0.1) is 0 Å². The van der Waals surface area contributed by atoms with Crippen molar-refractivity contribution in [3.63, 3.8) is 0 Å². The monoisotopic (exact) mass is 203 g/mol. The van der Waals surface area contributed by atoms with Crippen LogP contribution in [0, 0.1) is 5.92 Å². The van der Waals surface area contributed by atoms with Gasteiger partial charge in [-0.25, -0.2) is 0 Å². The van der Waals surface area contributed by atoms with E-state index in [1.165, 1.54) is 0 Å². The lowest BCUT2D eigenvalue weighted by Gasteiger charge is -2.13. The van der Waals surface area contributed by atoms with Gasteiger partial charge in [-0.2, -0.15) is 0 Å². The summed E-state index contributed by atoms with van der Waals surface area (Å²) in [7, 11) is 0. The lowest BCUT2D eigenvalue weighted by atomic mass is 10.1. The summed E-state index contributed by atoms with van der Waals surface area (Å²) in [5.74, 6) is -1.06. The molecular weight excluding hydrogens is 186 g/mol. The maximum atomic E-state index is 11.2. The van der Waals surface area contributed by atoms with Crippen molar-refractivity contribution in [3.8, 4) is 0 Å². The molecule has 0 aromatic rings. The highest BCUT2D eigenvalue weighted by atomic mass is 16.3. The topological polar surface area (TPSA) is 118 Å². The number of aliphatic hydroxyl groups excluding tert-OH is 1. The number of rotatable bonds is 6. The minimum absolute atomic E-state index is 0.00859. The van der Waals surface area contributed by atoms with Crippen molar-refractivity contribution in [2.75, 3.05) is 13.2 Å². The Morgan fingerprint density at radius 1 is 1.50 bits per heavy atom. The van der Waals surface area contributed by atoms with Gasteiger partial charge in [0.05, 0.1) is 12.5 Å². The molecule has 0 saturated heterocycles. The van der Waals surface area contributed by atoms with Crippen LogP contribution in [0.15, 0.2) is 0 Å². The molecule has 0 bridgehead atoms. The maximum absolute atomic E-state index is 11.2. The number of amides is 2. The van der Waals surface area contributed by atoms with Crippen molar-refractivity contribution in [3.05, 3.63) is 0 Å². The zero-order valence-electron chi connectivity index (χ0n) is 8.19. The Kier molecular flexibility index (Phi) is 5.82. The molecule has 0 rings (SSSR count). The average molecular weight is 203 g/mol. The Labute approximate surface area is 82.6 Å². The summed E-state index contributed by atoms with van der Waals surface area (Å²) in [4.78, 5) is 21.6. The van der Waals surface area contributed by atoms with Crippen LogP contribution in [0.4, 0.5) is 0 Å². The zero-order chi connectivity index (χ0) is 11.1. The summed E-state index contributed by atoms with van der Waals surface area (Å²) in [6.07, 6.45) is -0.167. The van der Waals surface area contributed by atoms with E-state index in [1.54, 1.807) is 6.92 Å². The molecule has 2 unspecified atom stereocenters. The van der Waals surface area contributed by atoms with Crippen LogP contribution in [-0.2, 0) is 9.59 Å². The number of carbonyl (C=O) groups is 2. The third kappa shape index (κ3) is 5.50. The minimum Gasteiger partial charge on any atom is -0.396 e. The van der Waals surface area contributed by atoms with Crippen molar-refractivity contribution in [2.45, 2.75) is 19.4 Å². The van der Waals surface area contributed by atoms with Gasteiger partial charge >= 0.3 is 0 Å². The van der Waals surface area contributed by atoms with Crippen LogP contribution in [0.3, 0.4) is 0 Å². The quantitative estimate of drug-likeness (QED) is 0.396. The van der Waals surface area contributed by atoms with E-state index in [0.717, 1.165) is 0 Å². The highest BCUT2D eigenvalue weighted by molar-refractivity contribution is 5.87. The van der Waals surface area contributed by atoms with Gasteiger partial charge in [-0.3, -0.25) is 9.59 Å². The van der Waals surface area contributed by atoms with Crippen LogP contribution in [-0.4, -0.2) is 36.1 Å². The first-order valence-corrected chi connectivity index (χ1v) is 4.39. The first-order valence-electron chi connectivity index (χ1n) is 4.39. The highest BCUT2D eigenvalue weighted by Gasteiger charge is 2.15. The molecule has 2 atom stereocenters. The van der Waals surface area contributed by atoms with Gasteiger partial charge in [0.1, 0.15) is 0 Å². The molecule has 2 amide bonds. The molecule has 6 heteroatoms. The van der Waals surface area contributed by atoms with Gasteiger partial charge in [-0.1, -0.05) is 6.92 Å². The second-order valence-electron chi connectivity index (χ2n) is 3.31. The van der Waals surface area contributed by atoms with Crippen LogP contribution in [0.2, 0.25) is 0 Å². The number of nitrogens with two attached hydrogens (primary N) is 2. The largest absolute Gasteiger partial charge is 0.396 e. The molecule has 0 aromatic carbocycles. The molecule has 0 spiro atoms. The number of hydrogen-bond donors (Lipinski definition) is 4. The van der Waals surface area contributed by atoms with Crippen molar-refractivity contribution >= 4 is 11.8 Å². The molecule has 0 heterocycles. The molecule has 0 saturated carbocycles. The molecule has 0 radical (unpaired) electrons. The lowest BCUT2D eigenvalue weighted by molar-refractivity contribution is -0.126. The van der Waals surface area contributed by atoms with Gasteiger partial charge in [0.25, 0.3) is 0 Å². The first-order chi connectivity index (χ1) is 6.47. The van der Waals surface area contributed by atoms with Gasteiger partial charge in [0, 0.05) is 13.2 Å². The van der Waals surface area contributed by atoms with Crippen LogP contribution in [0.25, 0.3) is 0 Å². The van der Waals surface area contributed by atoms with E-state index in [-0.39, 0.29) is 18.9 Å². The number of nitrogens with one attached hydrogen (secondary N) is 1. The van der Waals surface area contributed by atoms with E-state index in [2.05, 4.69) is 5.32 Å². The fourth-order valence-electron chi connectivity index (χ4n) is 0.780. The van der Waals surface area contributed by atoms with Crippen molar-refractivity contribution in [2.24, 2.45) is 17.4 Å². The normalized spacial score (nSPS) is 14.5. The fraction of sp³-hybridized carbons (Fsp3) is 0.750. The van der Waals surface area contributed by atoms with E-state index in [1.807, 2.05) is 0 Å². The Bertz CT molecular complexity index is 208. The third-order valence-corrected chi connectivity index (χ3v) is 1.69. The van der Waals surface area contributed by atoms with E-state index < -0.39 is 17.9 Å². The molecule has 0 fully saturated rings. The Hall–Kier alpha value is -1.14. The van der Waals surface area contributed by atoms with Gasteiger partial charge in [0.2, 0.25) is 11.8 Å². The molecule has 0 aliphatic carbocycles. The second kappa shape index (κ2) is 6.33. The summed E-state index contributed by atoms with van der Waals surface area (Å²) in [5.41, 5.74) is 10.2. The Morgan fingerprint density at radius 2 is 2.07 bits per heavy atom. The Balaban J connectivity index is 3.78. The van der Waals surface area contributed by atoms with E-state index in [0.29, 0.717) is 6.54 Å². The fourth-order valence-corrected chi connectivity index (χ4v) is 0.780. The summed E-state index contributed by atoms with van der Waals surface area (Å²) in [6.45, 7) is 2.10. The standard InChI is InChI=1S/C8H17N3O3/c1-5(4-12)3-11-8(14)6(9)2-7(10)13/h5-6,12H,2-4,9H2,1H3,(H2,10,13)(H,11,14). The molecule has 6 N–H and O–H groups in total. The van der Waals surface area contributed by atoms with Crippen molar-refractivity contribution < 1.29 is 14.7 Å². The summed E-state index contributed by atoms with van der Waals surface area (Å²) in [5, 5.41) is 11.2. The summed E-state index contributed by atoms with van der Waals surface area (Å²) < 4.78 is 0. The SMILES string of the molecule is CC(CO)CNC(=O)C(N)CC(N)=O. The third-order valence-electron chi connectivity index (χ3n) is 1.69. The Morgan fingerprint density at radius 3 is 2.50 bits per heavy atom. The predicted molar refractivity (Wildman–Crippen MR) is 51.0 cm³/mol. The van der Waals surface area contributed by atoms with Crippen LogP contribution in [0.1, 0.15) is 13.3 Å². The molecule has 6 nitrogen and oxygen atoms in total. The molecule has 0 aliphatic rings.